The molecule has 3 heteroatoms. The van der Waals surface area contributed by atoms with Crippen LogP contribution in [-0.2, 0) is 4.74 Å². The van der Waals surface area contributed by atoms with E-state index >= 15 is 0 Å². The van der Waals surface area contributed by atoms with Gasteiger partial charge in [0.1, 0.15) is 0 Å². The third kappa shape index (κ3) is 2.85. The van der Waals surface area contributed by atoms with Crippen molar-refractivity contribution in [3.8, 4) is 0 Å². The molecule has 0 amide bonds. The molecular formula is C19H35NO2. The molecule has 128 valence electrons. The SMILES string of the molecule is C[C@@H]1CCCN(C[C@H](O)CO[C@H]2C[C@H]3CC[C@@]2(C)C3(C)C)C1. The molecule has 2 bridgehead atoms. The number of aliphatic hydroxyl groups is 1. The monoisotopic (exact) mass is 309 g/mol. The zero-order valence-electron chi connectivity index (χ0n) is 15.0. The summed E-state index contributed by atoms with van der Waals surface area (Å²) in [7, 11) is 0. The summed E-state index contributed by atoms with van der Waals surface area (Å²) in [6.45, 7) is 13.1. The number of fused-ring (bicyclic) bond motifs is 2. The van der Waals surface area contributed by atoms with Gasteiger partial charge in [0, 0.05) is 13.1 Å². The van der Waals surface area contributed by atoms with E-state index in [0.29, 0.717) is 23.5 Å². The lowest BCUT2D eigenvalue weighted by Gasteiger charge is -2.39. The second-order valence-electron chi connectivity index (χ2n) is 9.09. The highest BCUT2D eigenvalue weighted by Crippen LogP contribution is 2.66. The van der Waals surface area contributed by atoms with Gasteiger partial charge in [-0.2, -0.15) is 0 Å². The number of likely N-dealkylation sites (tertiary alicyclic amines) is 1. The van der Waals surface area contributed by atoms with Crippen LogP contribution in [0.2, 0.25) is 0 Å². The lowest BCUT2D eigenvalue weighted by molar-refractivity contribution is -0.0804. The molecule has 3 nitrogen and oxygen atoms in total. The second kappa shape index (κ2) is 6.07. The molecule has 3 fully saturated rings. The number of β-amino-alcohol motifs (C(OH)–C–C–N with tert-alkyl or cyclic N) is 1. The number of piperidine rings is 1. The van der Waals surface area contributed by atoms with E-state index in [2.05, 4.69) is 32.6 Å². The zero-order chi connectivity index (χ0) is 16.0. The molecule has 1 aliphatic heterocycles. The van der Waals surface area contributed by atoms with E-state index in [9.17, 15) is 5.11 Å². The van der Waals surface area contributed by atoms with Gasteiger partial charge in [-0.25, -0.2) is 0 Å². The Hall–Kier alpha value is -0.120. The maximum atomic E-state index is 10.4. The first-order chi connectivity index (χ1) is 10.3. The van der Waals surface area contributed by atoms with Gasteiger partial charge in [0.2, 0.25) is 0 Å². The standard InChI is InChI=1S/C19H35NO2/c1-14-6-5-9-20(11-14)12-16(21)13-22-17-10-15-7-8-19(17,4)18(15,2)3/h14-17,21H,5-13H2,1-4H3/t14-,15-,16+,17+,19-/m1/s1. The van der Waals surface area contributed by atoms with Crippen molar-refractivity contribution in [2.24, 2.45) is 22.7 Å². The zero-order valence-corrected chi connectivity index (χ0v) is 15.0. The third-order valence-electron chi connectivity index (χ3n) is 7.41. The Balaban J connectivity index is 1.47. The average molecular weight is 309 g/mol. The van der Waals surface area contributed by atoms with Crippen LogP contribution in [-0.4, -0.2) is 48.5 Å². The Morgan fingerprint density at radius 2 is 2.05 bits per heavy atom. The van der Waals surface area contributed by atoms with Crippen molar-refractivity contribution < 1.29 is 9.84 Å². The molecular weight excluding hydrogens is 274 g/mol. The topological polar surface area (TPSA) is 32.7 Å². The highest BCUT2D eigenvalue weighted by Gasteiger charge is 2.61. The van der Waals surface area contributed by atoms with Crippen LogP contribution in [0.25, 0.3) is 0 Å². The fraction of sp³-hybridized carbons (Fsp3) is 1.00. The van der Waals surface area contributed by atoms with E-state index in [1.165, 1.54) is 32.1 Å². The fourth-order valence-corrected chi connectivity index (χ4v) is 5.41. The minimum atomic E-state index is -0.337. The molecule has 22 heavy (non-hydrogen) atoms. The lowest BCUT2D eigenvalue weighted by Crippen LogP contribution is -2.43. The highest BCUT2D eigenvalue weighted by molar-refractivity contribution is 5.11. The van der Waals surface area contributed by atoms with Gasteiger partial charge in [0.15, 0.2) is 0 Å². The average Bonchev–Trinajstić information content (AvgIpc) is 2.78. The molecule has 0 aromatic heterocycles. The van der Waals surface area contributed by atoms with Crippen LogP contribution in [0.15, 0.2) is 0 Å². The molecule has 0 spiro atoms. The molecule has 0 radical (unpaired) electrons. The van der Waals surface area contributed by atoms with Gasteiger partial charge in [0.05, 0.1) is 18.8 Å². The number of ether oxygens (including phenoxy) is 1. The van der Waals surface area contributed by atoms with Gasteiger partial charge in [-0.05, 0) is 61.3 Å². The quantitative estimate of drug-likeness (QED) is 0.846. The van der Waals surface area contributed by atoms with Gasteiger partial charge in [0.25, 0.3) is 0 Å². The largest absolute Gasteiger partial charge is 0.389 e. The van der Waals surface area contributed by atoms with Crippen LogP contribution < -0.4 is 0 Å². The lowest BCUT2D eigenvalue weighted by atomic mass is 9.70. The van der Waals surface area contributed by atoms with E-state index in [1.807, 2.05) is 0 Å². The summed E-state index contributed by atoms with van der Waals surface area (Å²) in [4.78, 5) is 2.41. The van der Waals surface area contributed by atoms with E-state index in [4.69, 9.17) is 4.74 Å². The Morgan fingerprint density at radius 3 is 2.64 bits per heavy atom. The van der Waals surface area contributed by atoms with Crippen LogP contribution in [0.5, 0.6) is 0 Å². The molecule has 1 heterocycles. The first-order valence-corrected chi connectivity index (χ1v) is 9.35. The molecule has 1 saturated heterocycles. The summed E-state index contributed by atoms with van der Waals surface area (Å²) >= 11 is 0. The van der Waals surface area contributed by atoms with E-state index in [1.54, 1.807) is 0 Å². The van der Waals surface area contributed by atoms with Crippen molar-refractivity contribution in [2.75, 3.05) is 26.2 Å². The van der Waals surface area contributed by atoms with Crippen LogP contribution in [0.1, 0.15) is 59.8 Å². The Bertz CT molecular complexity index is 397. The van der Waals surface area contributed by atoms with Crippen LogP contribution in [0, 0.1) is 22.7 Å². The molecule has 2 saturated carbocycles. The van der Waals surface area contributed by atoms with Gasteiger partial charge in [-0.3, -0.25) is 0 Å². The fourth-order valence-electron chi connectivity index (χ4n) is 5.41. The normalized spacial score (nSPS) is 42.7. The number of nitrogens with zero attached hydrogens (tertiary/aromatic N) is 1. The summed E-state index contributed by atoms with van der Waals surface area (Å²) in [5, 5.41) is 10.4. The van der Waals surface area contributed by atoms with Crippen molar-refractivity contribution in [1.29, 1.82) is 0 Å². The Kier molecular flexibility index (Phi) is 4.61. The molecule has 2 aliphatic carbocycles. The molecule has 0 unspecified atom stereocenters. The molecule has 3 rings (SSSR count). The summed E-state index contributed by atoms with van der Waals surface area (Å²) in [6, 6.07) is 0. The summed E-state index contributed by atoms with van der Waals surface area (Å²) in [6.07, 6.45) is 6.45. The first kappa shape index (κ1) is 16.7. The summed E-state index contributed by atoms with van der Waals surface area (Å²) in [5.74, 6) is 1.58. The Morgan fingerprint density at radius 1 is 1.27 bits per heavy atom. The minimum Gasteiger partial charge on any atom is -0.389 e. The van der Waals surface area contributed by atoms with Crippen molar-refractivity contribution in [1.82, 2.24) is 4.90 Å². The van der Waals surface area contributed by atoms with Crippen LogP contribution in [0.3, 0.4) is 0 Å². The van der Waals surface area contributed by atoms with Crippen molar-refractivity contribution in [3.05, 3.63) is 0 Å². The predicted octanol–water partition coefficient (Wildman–Crippen LogP) is 3.31. The number of rotatable bonds is 5. The van der Waals surface area contributed by atoms with E-state index < -0.39 is 0 Å². The summed E-state index contributed by atoms with van der Waals surface area (Å²) in [5.41, 5.74) is 0.696. The first-order valence-electron chi connectivity index (χ1n) is 9.35. The van der Waals surface area contributed by atoms with Crippen LogP contribution >= 0.6 is 0 Å². The molecule has 1 N–H and O–H groups in total. The van der Waals surface area contributed by atoms with Crippen molar-refractivity contribution in [2.45, 2.75) is 72.0 Å². The van der Waals surface area contributed by atoms with Crippen LogP contribution in [0.4, 0.5) is 0 Å². The van der Waals surface area contributed by atoms with E-state index in [-0.39, 0.29) is 6.10 Å². The van der Waals surface area contributed by atoms with Gasteiger partial charge >= 0.3 is 0 Å². The highest BCUT2D eigenvalue weighted by atomic mass is 16.5. The molecule has 3 aliphatic rings. The number of aliphatic hydroxyl groups excluding tert-OH is 1. The predicted molar refractivity (Wildman–Crippen MR) is 89.8 cm³/mol. The second-order valence-corrected chi connectivity index (χ2v) is 9.09. The smallest absolute Gasteiger partial charge is 0.0900 e. The Labute approximate surface area is 136 Å². The van der Waals surface area contributed by atoms with E-state index in [0.717, 1.165) is 31.5 Å². The molecule has 0 aromatic rings. The molecule has 0 aromatic carbocycles. The third-order valence-corrected chi connectivity index (χ3v) is 7.41. The summed E-state index contributed by atoms with van der Waals surface area (Å²) < 4.78 is 6.23. The van der Waals surface area contributed by atoms with Gasteiger partial charge < -0.3 is 14.7 Å². The maximum absolute atomic E-state index is 10.4. The van der Waals surface area contributed by atoms with Gasteiger partial charge in [-0.15, -0.1) is 0 Å². The number of hydrogen-bond donors (Lipinski definition) is 1. The molecule has 5 atom stereocenters. The maximum Gasteiger partial charge on any atom is 0.0900 e. The van der Waals surface area contributed by atoms with Crippen molar-refractivity contribution >= 4 is 0 Å². The minimum absolute atomic E-state index is 0.303. The van der Waals surface area contributed by atoms with Gasteiger partial charge in [-0.1, -0.05) is 27.7 Å². The van der Waals surface area contributed by atoms with Crippen molar-refractivity contribution in [3.63, 3.8) is 0 Å². The number of hydrogen-bond acceptors (Lipinski definition) is 3.